The summed E-state index contributed by atoms with van der Waals surface area (Å²) in [6, 6.07) is 0. The van der Waals surface area contributed by atoms with E-state index in [9.17, 15) is 0 Å². The van der Waals surface area contributed by atoms with Crippen LogP contribution in [0.2, 0.25) is 0 Å². The molecule has 2 aliphatic heterocycles. The highest BCUT2D eigenvalue weighted by Crippen LogP contribution is 2.10. The van der Waals surface area contributed by atoms with Gasteiger partial charge >= 0.3 is 0 Å². The molecule has 5 nitrogen and oxygen atoms in total. The minimum Gasteiger partial charge on any atom is -0.357 e. The zero-order chi connectivity index (χ0) is 17.6. The van der Waals surface area contributed by atoms with Gasteiger partial charge in [-0.3, -0.25) is 4.99 Å². The Labute approximate surface area is 178 Å². The van der Waals surface area contributed by atoms with E-state index in [0.717, 1.165) is 32.1 Å². The predicted molar refractivity (Wildman–Crippen MR) is 124 cm³/mol. The average molecular weight is 479 g/mol. The Balaban J connectivity index is 0.00000338. The van der Waals surface area contributed by atoms with Gasteiger partial charge < -0.3 is 20.4 Å². The molecule has 0 atom stereocenters. The standard InChI is InChI=1S/C20H41N5.HI/c1-2-21-20(23-13-19-25-17-10-5-11-18-25)22-12-6-3-7-14-24-15-8-4-9-16-24;/h2-19H2,1H3,(H2,21,22,23);1H. The Bertz CT molecular complexity index is 352. The molecule has 2 saturated heterocycles. The van der Waals surface area contributed by atoms with Crippen molar-refractivity contribution in [2.75, 3.05) is 58.9 Å². The van der Waals surface area contributed by atoms with Crippen LogP contribution < -0.4 is 10.6 Å². The molecule has 0 aromatic rings. The van der Waals surface area contributed by atoms with Gasteiger partial charge in [0.1, 0.15) is 0 Å². The molecule has 0 aromatic carbocycles. The molecule has 26 heavy (non-hydrogen) atoms. The first-order valence-corrected chi connectivity index (χ1v) is 10.9. The van der Waals surface area contributed by atoms with E-state index in [1.807, 2.05) is 0 Å². The van der Waals surface area contributed by atoms with Crippen LogP contribution in [-0.2, 0) is 0 Å². The van der Waals surface area contributed by atoms with Crippen LogP contribution in [0.3, 0.4) is 0 Å². The van der Waals surface area contributed by atoms with Crippen molar-refractivity contribution in [1.82, 2.24) is 20.4 Å². The molecule has 2 rings (SSSR count). The molecular formula is C20H42IN5. The third-order valence-electron chi connectivity index (χ3n) is 5.36. The number of rotatable bonds is 10. The monoisotopic (exact) mass is 479 g/mol. The Hall–Kier alpha value is -0.0800. The summed E-state index contributed by atoms with van der Waals surface area (Å²) in [7, 11) is 0. The number of nitrogens with zero attached hydrogens (tertiary/aromatic N) is 3. The zero-order valence-corrected chi connectivity index (χ0v) is 19.3. The summed E-state index contributed by atoms with van der Waals surface area (Å²) in [6.45, 7) is 12.6. The number of aliphatic imine (C=N–C) groups is 1. The molecule has 2 heterocycles. The smallest absolute Gasteiger partial charge is 0.191 e. The lowest BCUT2D eigenvalue weighted by molar-refractivity contribution is 0.224. The molecule has 0 unspecified atom stereocenters. The SMILES string of the molecule is CCNC(=NCCCCCN1CCCCC1)NCCN1CCCCC1.I. The number of piperidine rings is 2. The van der Waals surface area contributed by atoms with Gasteiger partial charge in [-0.15, -0.1) is 24.0 Å². The summed E-state index contributed by atoms with van der Waals surface area (Å²) in [5.74, 6) is 0.996. The van der Waals surface area contributed by atoms with Crippen LogP contribution in [-0.4, -0.2) is 74.7 Å². The van der Waals surface area contributed by atoms with Gasteiger partial charge in [-0.05, 0) is 78.2 Å². The van der Waals surface area contributed by atoms with Crippen molar-refractivity contribution in [3.8, 4) is 0 Å². The quantitative estimate of drug-likeness (QED) is 0.219. The highest BCUT2D eigenvalue weighted by molar-refractivity contribution is 14.0. The van der Waals surface area contributed by atoms with E-state index in [4.69, 9.17) is 4.99 Å². The Morgan fingerprint density at radius 3 is 2.00 bits per heavy atom. The second kappa shape index (κ2) is 15.9. The summed E-state index contributed by atoms with van der Waals surface area (Å²) < 4.78 is 0. The largest absolute Gasteiger partial charge is 0.357 e. The Morgan fingerprint density at radius 1 is 0.769 bits per heavy atom. The van der Waals surface area contributed by atoms with Gasteiger partial charge in [0.25, 0.3) is 0 Å². The average Bonchev–Trinajstić information content (AvgIpc) is 2.66. The zero-order valence-electron chi connectivity index (χ0n) is 17.0. The van der Waals surface area contributed by atoms with E-state index in [-0.39, 0.29) is 24.0 Å². The summed E-state index contributed by atoms with van der Waals surface area (Å²) in [4.78, 5) is 9.95. The summed E-state index contributed by atoms with van der Waals surface area (Å²) in [6.07, 6.45) is 12.2. The third kappa shape index (κ3) is 10.9. The highest BCUT2D eigenvalue weighted by atomic mass is 127. The van der Waals surface area contributed by atoms with E-state index in [1.54, 1.807) is 0 Å². The number of nitrogens with one attached hydrogen (secondary N) is 2. The van der Waals surface area contributed by atoms with Crippen molar-refractivity contribution in [3.05, 3.63) is 0 Å². The fourth-order valence-electron chi connectivity index (χ4n) is 3.86. The lowest BCUT2D eigenvalue weighted by Crippen LogP contribution is -2.42. The fourth-order valence-corrected chi connectivity index (χ4v) is 3.86. The summed E-state index contributed by atoms with van der Waals surface area (Å²) in [5, 5.41) is 6.87. The number of halogens is 1. The number of guanidine groups is 1. The van der Waals surface area contributed by atoms with E-state index >= 15 is 0 Å². The van der Waals surface area contributed by atoms with Crippen molar-refractivity contribution in [3.63, 3.8) is 0 Å². The molecular weight excluding hydrogens is 437 g/mol. The summed E-state index contributed by atoms with van der Waals surface area (Å²) >= 11 is 0. The molecule has 6 heteroatoms. The number of hydrogen-bond acceptors (Lipinski definition) is 3. The molecule has 0 spiro atoms. The van der Waals surface area contributed by atoms with E-state index < -0.39 is 0 Å². The molecule has 0 radical (unpaired) electrons. The lowest BCUT2D eigenvalue weighted by atomic mass is 10.1. The normalized spacial score (nSPS) is 19.8. The van der Waals surface area contributed by atoms with Crippen LogP contribution in [0.5, 0.6) is 0 Å². The molecule has 2 fully saturated rings. The van der Waals surface area contributed by atoms with Crippen molar-refractivity contribution in [2.45, 2.75) is 64.7 Å². The number of likely N-dealkylation sites (tertiary alicyclic amines) is 2. The fraction of sp³-hybridized carbons (Fsp3) is 0.950. The Morgan fingerprint density at radius 2 is 1.38 bits per heavy atom. The first-order chi connectivity index (χ1) is 12.4. The minimum atomic E-state index is 0. The van der Waals surface area contributed by atoms with Gasteiger partial charge in [0.05, 0.1) is 0 Å². The molecule has 154 valence electrons. The van der Waals surface area contributed by atoms with E-state index in [1.165, 1.54) is 90.5 Å². The van der Waals surface area contributed by atoms with Gasteiger partial charge in [-0.1, -0.05) is 19.3 Å². The molecule has 0 amide bonds. The molecule has 2 N–H and O–H groups in total. The molecule has 0 saturated carbocycles. The van der Waals surface area contributed by atoms with Gasteiger partial charge in [0, 0.05) is 26.2 Å². The van der Waals surface area contributed by atoms with Crippen LogP contribution in [0.1, 0.15) is 64.7 Å². The predicted octanol–water partition coefficient (Wildman–Crippen LogP) is 3.30. The van der Waals surface area contributed by atoms with Crippen LogP contribution in [0.25, 0.3) is 0 Å². The van der Waals surface area contributed by atoms with Crippen molar-refractivity contribution in [2.24, 2.45) is 4.99 Å². The maximum absolute atomic E-state index is 4.74. The van der Waals surface area contributed by atoms with Crippen LogP contribution in [0.15, 0.2) is 4.99 Å². The number of hydrogen-bond donors (Lipinski definition) is 2. The second-order valence-corrected chi connectivity index (χ2v) is 7.55. The minimum absolute atomic E-state index is 0. The third-order valence-corrected chi connectivity index (χ3v) is 5.36. The highest BCUT2D eigenvalue weighted by Gasteiger charge is 2.10. The lowest BCUT2D eigenvalue weighted by Gasteiger charge is -2.26. The first kappa shape index (κ1) is 24.0. The second-order valence-electron chi connectivity index (χ2n) is 7.55. The summed E-state index contributed by atoms with van der Waals surface area (Å²) in [5.41, 5.74) is 0. The van der Waals surface area contributed by atoms with Gasteiger partial charge in [-0.25, -0.2) is 0 Å². The maximum atomic E-state index is 4.74. The van der Waals surface area contributed by atoms with Gasteiger partial charge in [-0.2, -0.15) is 0 Å². The maximum Gasteiger partial charge on any atom is 0.191 e. The van der Waals surface area contributed by atoms with Gasteiger partial charge in [0.15, 0.2) is 5.96 Å². The van der Waals surface area contributed by atoms with Crippen molar-refractivity contribution >= 4 is 29.9 Å². The molecule has 0 aromatic heterocycles. The molecule has 2 aliphatic rings. The number of unbranched alkanes of at least 4 members (excludes halogenated alkanes) is 2. The topological polar surface area (TPSA) is 42.9 Å². The van der Waals surface area contributed by atoms with E-state index in [2.05, 4.69) is 27.4 Å². The van der Waals surface area contributed by atoms with Crippen molar-refractivity contribution < 1.29 is 0 Å². The van der Waals surface area contributed by atoms with Crippen LogP contribution in [0.4, 0.5) is 0 Å². The van der Waals surface area contributed by atoms with Crippen LogP contribution in [0, 0.1) is 0 Å². The molecule has 0 bridgehead atoms. The Kier molecular flexibility index (Phi) is 14.7. The molecule has 0 aliphatic carbocycles. The first-order valence-electron chi connectivity index (χ1n) is 10.9. The van der Waals surface area contributed by atoms with Gasteiger partial charge in [0.2, 0.25) is 0 Å². The van der Waals surface area contributed by atoms with Crippen LogP contribution >= 0.6 is 24.0 Å². The van der Waals surface area contributed by atoms with E-state index in [0.29, 0.717) is 0 Å². The van der Waals surface area contributed by atoms with Crippen molar-refractivity contribution in [1.29, 1.82) is 0 Å².